The molecule has 1 aliphatic heterocycles. The van der Waals surface area contributed by atoms with Crippen LogP contribution in [0.1, 0.15) is 43.0 Å². The van der Waals surface area contributed by atoms with Crippen LogP contribution < -0.4 is 15.5 Å². The monoisotopic (exact) mass is 404 g/mol. The van der Waals surface area contributed by atoms with E-state index in [1.807, 2.05) is 43.9 Å². The number of hydrogen-bond acceptors (Lipinski definition) is 5. The molecule has 1 aromatic heterocycles. The largest absolute Gasteiger partial charge is 0.378 e. The summed E-state index contributed by atoms with van der Waals surface area (Å²) in [7, 11) is 4.05. The second-order valence-corrected chi connectivity index (χ2v) is 7.84. The highest BCUT2D eigenvalue weighted by Gasteiger charge is 2.40. The second-order valence-electron chi connectivity index (χ2n) is 7.84. The van der Waals surface area contributed by atoms with Gasteiger partial charge < -0.3 is 15.5 Å². The number of fused-ring (bicyclic) bond motifs is 1. The number of nitrogens with zero attached hydrogens (tertiary/aromatic N) is 4. The lowest BCUT2D eigenvalue weighted by molar-refractivity contribution is -0.122. The van der Waals surface area contributed by atoms with Crippen LogP contribution in [0, 0.1) is 0 Å². The number of anilines is 2. The Labute approximate surface area is 177 Å². The predicted molar refractivity (Wildman–Crippen MR) is 119 cm³/mol. The molecule has 0 bridgehead atoms. The molecule has 30 heavy (non-hydrogen) atoms. The Bertz CT molecular complexity index is 982. The van der Waals surface area contributed by atoms with Gasteiger partial charge in [0.2, 0.25) is 11.9 Å². The van der Waals surface area contributed by atoms with Gasteiger partial charge in [0.15, 0.2) is 0 Å². The summed E-state index contributed by atoms with van der Waals surface area (Å²) in [6, 6.07) is 18.1. The Morgan fingerprint density at radius 1 is 1.10 bits per heavy atom. The van der Waals surface area contributed by atoms with Gasteiger partial charge in [0.1, 0.15) is 12.4 Å². The topological polar surface area (TPSA) is 75.1 Å². The van der Waals surface area contributed by atoms with E-state index in [2.05, 4.69) is 62.0 Å². The number of benzene rings is 2. The number of nitrogens with one attached hydrogen (secondary N) is 2. The van der Waals surface area contributed by atoms with Crippen molar-refractivity contribution in [2.75, 3.05) is 24.3 Å². The van der Waals surface area contributed by atoms with E-state index in [9.17, 15) is 4.79 Å². The first-order valence-corrected chi connectivity index (χ1v) is 10.4. The molecule has 1 aliphatic rings. The minimum atomic E-state index is -0.217. The summed E-state index contributed by atoms with van der Waals surface area (Å²) < 4.78 is 1.87. The Hall–Kier alpha value is -3.35. The molecule has 7 nitrogen and oxygen atoms in total. The van der Waals surface area contributed by atoms with E-state index in [4.69, 9.17) is 0 Å². The molecule has 0 spiro atoms. The first-order valence-electron chi connectivity index (χ1n) is 10.4. The number of rotatable bonds is 6. The van der Waals surface area contributed by atoms with Crippen LogP contribution in [0.4, 0.5) is 11.6 Å². The van der Waals surface area contributed by atoms with Crippen LogP contribution in [-0.2, 0) is 4.79 Å². The number of aromatic nitrogens is 3. The summed E-state index contributed by atoms with van der Waals surface area (Å²) >= 11 is 0. The highest BCUT2D eigenvalue weighted by molar-refractivity contribution is 5.76. The summed E-state index contributed by atoms with van der Waals surface area (Å²) in [5, 5.41) is 11.3. The van der Waals surface area contributed by atoms with Crippen molar-refractivity contribution >= 4 is 17.5 Å². The normalized spacial score (nSPS) is 20.2. The fourth-order valence-electron chi connectivity index (χ4n) is 4.04. The second kappa shape index (κ2) is 8.57. The zero-order chi connectivity index (χ0) is 21.1. The lowest BCUT2D eigenvalue weighted by Crippen LogP contribution is -2.51. The molecule has 2 N–H and O–H groups in total. The fourth-order valence-corrected chi connectivity index (χ4v) is 4.04. The van der Waals surface area contributed by atoms with E-state index in [1.165, 1.54) is 0 Å². The van der Waals surface area contributed by atoms with E-state index in [1.54, 1.807) is 6.33 Å². The van der Waals surface area contributed by atoms with Gasteiger partial charge in [0.05, 0.1) is 12.1 Å². The summed E-state index contributed by atoms with van der Waals surface area (Å²) in [6.45, 7) is 2.01. The maximum absolute atomic E-state index is 12.7. The lowest BCUT2D eigenvalue weighted by Gasteiger charge is -2.40. The Balaban J connectivity index is 1.78. The molecule has 3 atom stereocenters. The molecule has 0 saturated carbocycles. The van der Waals surface area contributed by atoms with Crippen LogP contribution in [0.15, 0.2) is 60.9 Å². The van der Waals surface area contributed by atoms with Gasteiger partial charge in [0.25, 0.3) is 0 Å². The van der Waals surface area contributed by atoms with Gasteiger partial charge in [-0.3, -0.25) is 4.79 Å². The fraction of sp³-hybridized carbons (Fsp3) is 0.348. The maximum atomic E-state index is 12.7. The van der Waals surface area contributed by atoms with Crippen molar-refractivity contribution < 1.29 is 4.79 Å². The van der Waals surface area contributed by atoms with E-state index in [0.29, 0.717) is 12.4 Å². The van der Waals surface area contributed by atoms with Crippen LogP contribution >= 0.6 is 0 Å². The van der Waals surface area contributed by atoms with Crippen molar-refractivity contribution in [1.82, 2.24) is 20.1 Å². The molecule has 0 saturated heterocycles. The third kappa shape index (κ3) is 3.87. The molecule has 2 heterocycles. The molecule has 3 aromatic rings. The van der Waals surface area contributed by atoms with Gasteiger partial charge in [-0.15, -0.1) is 0 Å². The number of hydrogen-bond donors (Lipinski definition) is 2. The Morgan fingerprint density at radius 3 is 2.50 bits per heavy atom. The van der Waals surface area contributed by atoms with Crippen molar-refractivity contribution in [3.8, 4) is 0 Å². The molecule has 3 unspecified atom stereocenters. The number of carbonyl (C=O) groups excluding carboxylic acids is 1. The van der Waals surface area contributed by atoms with E-state index in [-0.39, 0.29) is 24.0 Å². The van der Waals surface area contributed by atoms with Gasteiger partial charge in [-0.25, -0.2) is 4.68 Å². The van der Waals surface area contributed by atoms with E-state index >= 15 is 0 Å². The standard InChI is InChI=1S/C23H28N6O/c1-4-8-19(30)26-21-20(16-11-13-18(14-12-16)28(2)3)27-23-24-15-25-29(23)22(21)17-9-6-5-7-10-17/h5-7,9-15,20-22H,4,8H2,1-3H3,(H,26,30)(H,24,25,27). The van der Waals surface area contributed by atoms with Gasteiger partial charge in [0, 0.05) is 26.2 Å². The van der Waals surface area contributed by atoms with Crippen LogP contribution in [0.25, 0.3) is 0 Å². The van der Waals surface area contributed by atoms with E-state index < -0.39 is 0 Å². The van der Waals surface area contributed by atoms with Gasteiger partial charge in [-0.2, -0.15) is 10.1 Å². The molecule has 0 aliphatic carbocycles. The Kier molecular flexibility index (Phi) is 5.70. The third-order valence-corrected chi connectivity index (χ3v) is 5.53. The first-order chi connectivity index (χ1) is 14.6. The molecule has 1 amide bonds. The number of amides is 1. The quantitative estimate of drug-likeness (QED) is 0.659. The minimum Gasteiger partial charge on any atom is -0.378 e. The summed E-state index contributed by atoms with van der Waals surface area (Å²) in [4.78, 5) is 19.2. The SMILES string of the molecule is CCCC(=O)NC1C(c2ccc(N(C)C)cc2)Nc2ncnn2C1c1ccccc1. The van der Waals surface area contributed by atoms with Crippen molar-refractivity contribution in [3.05, 3.63) is 72.1 Å². The zero-order valence-electron chi connectivity index (χ0n) is 17.6. The molecule has 0 fully saturated rings. The highest BCUT2D eigenvalue weighted by Crippen LogP contribution is 2.38. The molecule has 0 radical (unpaired) electrons. The van der Waals surface area contributed by atoms with Crippen LogP contribution in [0.5, 0.6) is 0 Å². The first kappa shape index (κ1) is 19.9. The number of carbonyl (C=O) groups is 1. The molecular formula is C23H28N6O. The van der Waals surface area contributed by atoms with Gasteiger partial charge >= 0.3 is 0 Å². The average molecular weight is 405 g/mol. The molecule has 156 valence electrons. The third-order valence-electron chi connectivity index (χ3n) is 5.53. The van der Waals surface area contributed by atoms with Crippen LogP contribution in [0.3, 0.4) is 0 Å². The smallest absolute Gasteiger partial charge is 0.222 e. The zero-order valence-corrected chi connectivity index (χ0v) is 17.6. The van der Waals surface area contributed by atoms with Crippen molar-refractivity contribution in [2.24, 2.45) is 0 Å². The molecule has 7 heteroatoms. The van der Waals surface area contributed by atoms with Crippen molar-refractivity contribution in [3.63, 3.8) is 0 Å². The maximum Gasteiger partial charge on any atom is 0.222 e. The van der Waals surface area contributed by atoms with Gasteiger partial charge in [-0.05, 0) is 29.7 Å². The van der Waals surface area contributed by atoms with Crippen LogP contribution in [-0.4, -0.2) is 40.8 Å². The average Bonchev–Trinajstić information content (AvgIpc) is 3.22. The van der Waals surface area contributed by atoms with Crippen LogP contribution in [0.2, 0.25) is 0 Å². The van der Waals surface area contributed by atoms with Crippen molar-refractivity contribution in [1.29, 1.82) is 0 Å². The predicted octanol–water partition coefficient (Wildman–Crippen LogP) is 3.39. The van der Waals surface area contributed by atoms with E-state index in [0.717, 1.165) is 23.2 Å². The summed E-state index contributed by atoms with van der Waals surface area (Å²) in [5.41, 5.74) is 3.31. The lowest BCUT2D eigenvalue weighted by atomic mass is 9.87. The molecule has 2 aromatic carbocycles. The van der Waals surface area contributed by atoms with Gasteiger partial charge in [-0.1, -0.05) is 49.4 Å². The molecular weight excluding hydrogens is 376 g/mol. The summed E-state index contributed by atoms with van der Waals surface area (Å²) in [5.74, 6) is 0.746. The minimum absolute atomic E-state index is 0.0451. The summed E-state index contributed by atoms with van der Waals surface area (Å²) in [6.07, 6.45) is 2.86. The molecule has 4 rings (SSSR count). The van der Waals surface area contributed by atoms with Crippen molar-refractivity contribution in [2.45, 2.75) is 37.9 Å². The Morgan fingerprint density at radius 2 is 1.83 bits per heavy atom. The highest BCUT2D eigenvalue weighted by atomic mass is 16.1.